The number of pyridine rings is 1. The molecule has 0 spiro atoms. The van der Waals surface area contributed by atoms with Crippen LogP contribution in [-0.4, -0.2) is 48.7 Å². The van der Waals surface area contributed by atoms with E-state index in [9.17, 15) is 4.39 Å². The molecule has 5 rings (SSSR count). The molecule has 0 bridgehead atoms. The van der Waals surface area contributed by atoms with E-state index in [2.05, 4.69) is 38.0 Å². The topological polar surface area (TPSA) is 69.4 Å². The Hall–Kier alpha value is -3.24. The number of ether oxygens (including phenoxy) is 2. The fourth-order valence-corrected chi connectivity index (χ4v) is 5.77. The first-order chi connectivity index (χ1) is 21.2. The first-order valence-electron chi connectivity index (χ1n) is 14.8. The molecule has 1 aromatic carbocycles. The molecule has 2 aromatic heterocycles. The van der Waals surface area contributed by atoms with Crippen LogP contribution in [0.5, 0.6) is 11.5 Å². The van der Waals surface area contributed by atoms with Gasteiger partial charge in [0.25, 0.3) is 0 Å². The van der Waals surface area contributed by atoms with Crippen LogP contribution in [-0.2, 0) is 6.54 Å². The predicted molar refractivity (Wildman–Crippen MR) is 175 cm³/mol. The van der Waals surface area contributed by atoms with Crippen molar-refractivity contribution in [1.82, 2.24) is 15.3 Å². The van der Waals surface area contributed by atoms with Crippen LogP contribution in [0.4, 0.5) is 8.78 Å². The molecule has 1 N–H and O–H groups in total. The van der Waals surface area contributed by atoms with Gasteiger partial charge in [0.2, 0.25) is 0 Å². The van der Waals surface area contributed by atoms with Crippen LogP contribution in [0.2, 0.25) is 0 Å². The zero-order chi connectivity index (χ0) is 31.4. The Morgan fingerprint density at radius 2 is 2.09 bits per heavy atom. The summed E-state index contributed by atoms with van der Waals surface area (Å²) in [6.07, 6.45) is 3.83. The molecule has 1 aliphatic carbocycles. The van der Waals surface area contributed by atoms with Gasteiger partial charge in [-0.2, -0.15) is 0 Å². The van der Waals surface area contributed by atoms with Gasteiger partial charge in [0.1, 0.15) is 30.4 Å². The normalized spacial score (nSPS) is 17.1. The van der Waals surface area contributed by atoms with E-state index in [-0.39, 0.29) is 11.6 Å². The molecule has 4 unspecified atom stereocenters. The van der Waals surface area contributed by atoms with E-state index in [0.717, 1.165) is 24.3 Å². The maximum absolute atomic E-state index is 15.9. The number of rotatable bonds is 14. The van der Waals surface area contributed by atoms with E-state index in [4.69, 9.17) is 30.5 Å². The Balaban J connectivity index is 1.48. The van der Waals surface area contributed by atoms with Crippen molar-refractivity contribution in [3.8, 4) is 23.3 Å². The first kappa shape index (κ1) is 32.2. The van der Waals surface area contributed by atoms with Gasteiger partial charge in [0, 0.05) is 36.2 Å². The van der Waals surface area contributed by atoms with Crippen LogP contribution in [0, 0.1) is 11.8 Å². The van der Waals surface area contributed by atoms with Crippen molar-refractivity contribution < 1.29 is 22.7 Å². The molecule has 1 aliphatic heterocycles. The van der Waals surface area contributed by atoms with E-state index in [1.165, 1.54) is 6.92 Å². The van der Waals surface area contributed by atoms with Gasteiger partial charge < -0.3 is 19.2 Å². The number of nitrogens with zero attached hydrogens (tertiary/aromatic N) is 2. The molecule has 232 valence electrons. The molecule has 0 saturated heterocycles. The molecular weight excluding hydrogens is 603 g/mol. The van der Waals surface area contributed by atoms with E-state index in [1.54, 1.807) is 32.3 Å². The van der Waals surface area contributed by atoms with E-state index in [0.29, 0.717) is 82.3 Å². The third-order valence-corrected chi connectivity index (χ3v) is 8.69. The summed E-state index contributed by atoms with van der Waals surface area (Å²) in [4.78, 5) is 9.56. The highest BCUT2D eigenvalue weighted by Gasteiger charge is 2.31. The number of methoxy groups -OCH3 is 1. The van der Waals surface area contributed by atoms with Crippen LogP contribution in [0.15, 0.2) is 52.0 Å². The van der Waals surface area contributed by atoms with Crippen LogP contribution in [0.25, 0.3) is 16.7 Å². The van der Waals surface area contributed by atoms with Crippen molar-refractivity contribution in [2.75, 3.05) is 26.4 Å². The van der Waals surface area contributed by atoms with Crippen molar-refractivity contribution in [1.29, 1.82) is 0 Å². The minimum Gasteiger partial charge on any atom is -0.494 e. The van der Waals surface area contributed by atoms with Crippen molar-refractivity contribution >= 4 is 37.5 Å². The Bertz CT molecular complexity index is 1670. The van der Waals surface area contributed by atoms with Crippen molar-refractivity contribution in [3.05, 3.63) is 75.9 Å². The molecule has 0 amide bonds. The molecule has 3 aromatic rings. The van der Waals surface area contributed by atoms with Crippen molar-refractivity contribution in [3.63, 3.8) is 0 Å². The summed E-state index contributed by atoms with van der Waals surface area (Å²) in [6, 6.07) is 5.66. The molecule has 3 heterocycles. The number of alkyl halides is 2. The summed E-state index contributed by atoms with van der Waals surface area (Å²) in [5.41, 5.74) is 4.56. The third-order valence-electron chi connectivity index (χ3n) is 7.86. The van der Waals surface area contributed by atoms with E-state index >= 15 is 4.39 Å². The summed E-state index contributed by atoms with van der Waals surface area (Å²) in [6.45, 7) is 7.77. The lowest BCUT2D eigenvalue weighted by atomic mass is 9.93. The standard InChI is InChI=1S/C34H37ClF2N3O3P/c1-5-7-24(30(35)19(2)20(3)36)31-33-23(8-6-12-42-33)16-27(39-31)25(26(37)11-13-44)18-38-17-21-14-28(41-4)32-29(15-21)43-34(40-32)22-9-10-22/h5,7,14-16,20,22,25-26,38H,1,9-13,17-18,44H2,2-4H3/b24-7+,30-19-. The van der Waals surface area contributed by atoms with Gasteiger partial charge in [-0.1, -0.05) is 42.2 Å². The number of halogens is 3. The lowest BCUT2D eigenvalue weighted by Crippen LogP contribution is -2.29. The highest BCUT2D eigenvalue weighted by Crippen LogP contribution is 2.42. The first-order valence-corrected chi connectivity index (χ1v) is 16.0. The summed E-state index contributed by atoms with van der Waals surface area (Å²) >= 11 is 6.71. The molecule has 44 heavy (non-hydrogen) atoms. The van der Waals surface area contributed by atoms with Gasteiger partial charge in [-0.3, -0.25) is 0 Å². The second-order valence-electron chi connectivity index (χ2n) is 11.1. The van der Waals surface area contributed by atoms with E-state index < -0.39 is 18.3 Å². The Morgan fingerprint density at radius 3 is 2.77 bits per heavy atom. The second kappa shape index (κ2) is 14.2. The number of benzene rings is 1. The highest BCUT2D eigenvalue weighted by molar-refractivity contribution is 7.16. The quantitative estimate of drug-likeness (QED) is 0.110. The number of nitrogens with one attached hydrogen (secondary N) is 1. The summed E-state index contributed by atoms with van der Waals surface area (Å²) < 4.78 is 47.7. The van der Waals surface area contributed by atoms with Crippen LogP contribution >= 0.6 is 20.8 Å². The lowest BCUT2D eigenvalue weighted by Gasteiger charge is -2.24. The summed E-state index contributed by atoms with van der Waals surface area (Å²) in [7, 11) is 4.20. The Morgan fingerprint density at radius 1 is 1.30 bits per heavy atom. The van der Waals surface area contributed by atoms with Gasteiger partial charge in [0.15, 0.2) is 22.7 Å². The summed E-state index contributed by atoms with van der Waals surface area (Å²) in [5, 5.41) is 3.62. The Kier molecular flexibility index (Phi) is 10.4. The van der Waals surface area contributed by atoms with Gasteiger partial charge in [-0.15, -0.1) is 9.24 Å². The second-order valence-corrected chi connectivity index (χ2v) is 12.0. The smallest absolute Gasteiger partial charge is 0.198 e. The minimum atomic E-state index is -1.28. The fourth-order valence-electron chi connectivity index (χ4n) is 5.15. The maximum atomic E-state index is 15.9. The van der Waals surface area contributed by atoms with Crippen molar-refractivity contribution in [2.45, 2.75) is 63.8 Å². The molecule has 4 atom stereocenters. The maximum Gasteiger partial charge on any atom is 0.198 e. The average molecular weight is 640 g/mol. The van der Waals surface area contributed by atoms with Crippen LogP contribution in [0.3, 0.4) is 0 Å². The summed E-state index contributed by atoms with van der Waals surface area (Å²) in [5.74, 6) is 7.64. The average Bonchev–Trinajstić information content (AvgIpc) is 3.79. The highest BCUT2D eigenvalue weighted by atomic mass is 35.5. The number of hydrogen-bond acceptors (Lipinski definition) is 6. The molecule has 6 nitrogen and oxygen atoms in total. The van der Waals surface area contributed by atoms with Gasteiger partial charge in [-0.05, 0) is 68.6 Å². The number of allylic oxidation sites excluding steroid dienone is 5. The van der Waals surface area contributed by atoms with E-state index in [1.807, 2.05) is 12.1 Å². The lowest BCUT2D eigenvalue weighted by molar-refractivity contribution is 0.264. The molecule has 0 radical (unpaired) electrons. The number of aromatic nitrogens is 2. The number of oxazole rings is 1. The molecule has 10 heteroatoms. The van der Waals surface area contributed by atoms with Gasteiger partial charge in [-0.25, -0.2) is 18.7 Å². The monoisotopic (exact) mass is 639 g/mol. The fraction of sp³-hybridized carbons (Fsp3) is 0.412. The van der Waals surface area contributed by atoms with Crippen LogP contribution in [0.1, 0.15) is 73.4 Å². The molecule has 1 saturated carbocycles. The third kappa shape index (κ3) is 7.01. The van der Waals surface area contributed by atoms with Gasteiger partial charge in [0.05, 0.1) is 17.7 Å². The molecule has 2 aliphatic rings. The zero-order valence-corrected chi connectivity index (χ0v) is 27.1. The Labute approximate surface area is 264 Å². The molecule has 1 fully saturated rings. The van der Waals surface area contributed by atoms with Crippen molar-refractivity contribution in [2.24, 2.45) is 0 Å². The largest absolute Gasteiger partial charge is 0.494 e. The SMILES string of the molecule is C=C/C=C(\C(Cl)=C(/C)C(C)F)c1nc(C(CNCc2cc(OC)c3nc(C4CC4)oc3c2)C(F)CCP)cc2c1OCC#C2. The number of fused-ring (bicyclic) bond motifs is 2. The predicted octanol–water partition coefficient (Wildman–Crippen LogP) is 7.77. The van der Waals surface area contributed by atoms with Crippen LogP contribution < -0.4 is 14.8 Å². The molecular formula is C34H37ClF2N3O3P. The number of hydrogen-bond donors (Lipinski definition) is 1. The zero-order valence-electron chi connectivity index (χ0n) is 25.2. The minimum absolute atomic E-state index is 0.174. The van der Waals surface area contributed by atoms with Gasteiger partial charge >= 0.3 is 0 Å².